The second kappa shape index (κ2) is 13.5. The zero-order chi connectivity index (χ0) is 18.7. The molecule has 0 unspecified atom stereocenters. The van der Waals surface area contributed by atoms with Crippen molar-refractivity contribution in [1.29, 1.82) is 0 Å². The number of unbranched alkanes of at least 4 members (excludes halogenated alkanes) is 1. The van der Waals surface area contributed by atoms with Crippen molar-refractivity contribution in [2.24, 2.45) is 4.99 Å². The summed E-state index contributed by atoms with van der Waals surface area (Å²) in [5, 5.41) is 6.98. The summed E-state index contributed by atoms with van der Waals surface area (Å²) in [6.07, 6.45) is 6.58. The molecule has 1 aliphatic rings. The van der Waals surface area contributed by atoms with Gasteiger partial charge in [-0.05, 0) is 55.4 Å². The van der Waals surface area contributed by atoms with E-state index in [9.17, 15) is 0 Å². The van der Waals surface area contributed by atoms with Gasteiger partial charge in [0.15, 0.2) is 5.96 Å². The number of benzene rings is 1. The van der Waals surface area contributed by atoms with Crippen LogP contribution in [0, 0.1) is 0 Å². The molecule has 0 bridgehead atoms. The fourth-order valence-corrected chi connectivity index (χ4v) is 3.82. The number of hydrogen-bond donors (Lipinski definition) is 2. The lowest BCUT2D eigenvalue weighted by atomic mass is 9.74. The molecule has 1 aliphatic heterocycles. The molecule has 0 amide bonds. The van der Waals surface area contributed by atoms with Gasteiger partial charge in [0.25, 0.3) is 0 Å². The molecular formula is C20H34IN3O2S. The fraction of sp³-hybridized carbons (Fsp3) is 0.650. The van der Waals surface area contributed by atoms with Gasteiger partial charge in [0.1, 0.15) is 5.75 Å². The molecule has 7 heteroatoms. The highest BCUT2D eigenvalue weighted by Crippen LogP contribution is 2.35. The zero-order valence-electron chi connectivity index (χ0n) is 16.8. The Kier molecular flexibility index (Phi) is 12.2. The van der Waals surface area contributed by atoms with Gasteiger partial charge < -0.3 is 20.1 Å². The third-order valence-corrected chi connectivity index (χ3v) is 5.73. The second-order valence-corrected chi connectivity index (χ2v) is 7.66. The van der Waals surface area contributed by atoms with Gasteiger partial charge in [0.05, 0.1) is 7.11 Å². The number of guanidine groups is 1. The third-order valence-electron chi connectivity index (χ3n) is 5.04. The maximum atomic E-state index is 5.63. The van der Waals surface area contributed by atoms with Crippen molar-refractivity contribution in [2.75, 3.05) is 52.5 Å². The standard InChI is InChI=1S/C20H33N3O2S.HI/c1-21-19(22-12-4-5-15-26-3)23-16-20(10-13-25-14-11-20)17-6-8-18(24-2)9-7-17;/h6-9H,4-5,10-16H2,1-3H3,(H2,21,22,23);1H. The van der Waals surface area contributed by atoms with E-state index < -0.39 is 0 Å². The maximum Gasteiger partial charge on any atom is 0.191 e. The Labute approximate surface area is 185 Å². The number of hydrogen-bond acceptors (Lipinski definition) is 4. The number of aliphatic imine (C=N–C) groups is 1. The van der Waals surface area contributed by atoms with E-state index in [0.717, 1.165) is 50.9 Å². The van der Waals surface area contributed by atoms with Crippen molar-refractivity contribution in [2.45, 2.75) is 31.1 Å². The lowest BCUT2D eigenvalue weighted by Gasteiger charge is -2.38. The van der Waals surface area contributed by atoms with Crippen LogP contribution >= 0.6 is 35.7 Å². The van der Waals surface area contributed by atoms with E-state index in [1.165, 1.54) is 24.2 Å². The highest BCUT2D eigenvalue weighted by Gasteiger charge is 2.34. The van der Waals surface area contributed by atoms with E-state index >= 15 is 0 Å². The smallest absolute Gasteiger partial charge is 0.191 e. The Morgan fingerprint density at radius 1 is 1.19 bits per heavy atom. The average Bonchev–Trinajstić information content (AvgIpc) is 2.71. The first-order valence-electron chi connectivity index (χ1n) is 9.40. The molecule has 2 N–H and O–H groups in total. The summed E-state index contributed by atoms with van der Waals surface area (Å²) in [6, 6.07) is 8.46. The number of ether oxygens (including phenoxy) is 2. The van der Waals surface area contributed by atoms with Crippen LogP contribution in [0.4, 0.5) is 0 Å². The van der Waals surface area contributed by atoms with E-state index in [4.69, 9.17) is 9.47 Å². The predicted octanol–water partition coefficient (Wildman–Crippen LogP) is 3.67. The molecule has 1 saturated heterocycles. The number of nitrogens with zero attached hydrogens (tertiary/aromatic N) is 1. The quantitative estimate of drug-likeness (QED) is 0.231. The Morgan fingerprint density at radius 3 is 2.48 bits per heavy atom. The predicted molar refractivity (Wildman–Crippen MR) is 127 cm³/mol. The first-order valence-corrected chi connectivity index (χ1v) is 10.8. The summed E-state index contributed by atoms with van der Waals surface area (Å²) < 4.78 is 10.9. The van der Waals surface area contributed by atoms with Crippen LogP contribution in [0.3, 0.4) is 0 Å². The van der Waals surface area contributed by atoms with E-state index in [1.54, 1.807) is 7.11 Å². The first kappa shape index (κ1) is 24.4. The van der Waals surface area contributed by atoms with E-state index in [0.29, 0.717) is 0 Å². The van der Waals surface area contributed by atoms with Crippen molar-refractivity contribution < 1.29 is 9.47 Å². The SMILES string of the molecule is CN=C(NCCCCSC)NCC1(c2ccc(OC)cc2)CCOCC1.I. The van der Waals surface area contributed by atoms with E-state index in [-0.39, 0.29) is 29.4 Å². The molecule has 2 rings (SSSR count). The van der Waals surface area contributed by atoms with Crippen LogP contribution in [0.1, 0.15) is 31.2 Å². The minimum Gasteiger partial charge on any atom is -0.497 e. The molecule has 0 aliphatic carbocycles. The van der Waals surface area contributed by atoms with Crippen molar-refractivity contribution in [1.82, 2.24) is 10.6 Å². The molecule has 0 saturated carbocycles. The van der Waals surface area contributed by atoms with Crippen LogP contribution in [0.2, 0.25) is 0 Å². The van der Waals surface area contributed by atoms with Gasteiger partial charge >= 0.3 is 0 Å². The Hall–Kier alpha value is -0.670. The molecule has 1 fully saturated rings. The summed E-state index contributed by atoms with van der Waals surface area (Å²) in [6.45, 7) is 3.41. The molecule has 0 spiro atoms. The zero-order valence-corrected chi connectivity index (χ0v) is 19.9. The molecule has 154 valence electrons. The fourth-order valence-electron chi connectivity index (χ4n) is 3.33. The van der Waals surface area contributed by atoms with Crippen LogP contribution in [-0.4, -0.2) is 58.4 Å². The molecule has 27 heavy (non-hydrogen) atoms. The Morgan fingerprint density at radius 2 is 1.89 bits per heavy atom. The number of rotatable bonds is 9. The monoisotopic (exact) mass is 507 g/mol. The number of halogens is 1. The van der Waals surface area contributed by atoms with Gasteiger partial charge in [0, 0.05) is 38.8 Å². The topological polar surface area (TPSA) is 54.9 Å². The first-order chi connectivity index (χ1) is 12.7. The second-order valence-electron chi connectivity index (χ2n) is 6.67. The van der Waals surface area contributed by atoms with Crippen LogP contribution in [-0.2, 0) is 10.2 Å². The van der Waals surface area contributed by atoms with Crippen LogP contribution in [0.25, 0.3) is 0 Å². The van der Waals surface area contributed by atoms with Crippen LogP contribution < -0.4 is 15.4 Å². The highest BCUT2D eigenvalue weighted by molar-refractivity contribution is 14.0. The minimum atomic E-state index is 0. The van der Waals surface area contributed by atoms with Crippen molar-refractivity contribution >= 4 is 41.7 Å². The molecule has 0 atom stereocenters. The molecule has 0 aromatic heterocycles. The van der Waals surface area contributed by atoms with Gasteiger partial charge in [-0.15, -0.1) is 24.0 Å². The number of nitrogens with one attached hydrogen (secondary N) is 2. The van der Waals surface area contributed by atoms with Gasteiger partial charge in [-0.1, -0.05) is 12.1 Å². The normalized spacial score (nSPS) is 16.3. The maximum absolute atomic E-state index is 5.63. The van der Waals surface area contributed by atoms with Gasteiger partial charge in [-0.25, -0.2) is 0 Å². The van der Waals surface area contributed by atoms with Crippen molar-refractivity contribution in [3.63, 3.8) is 0 Å². The number of methoxy groups -OCH3 is 1. The Balaban J connectivity index is 0.00000364. The van der Waals surface area contributed by atoms with Gasteiger partial charge in [0.2, 0.25) is 0 Å². The van der Waals surface area contributed by atoms with Crippen LogP contribution in [0.5, 0.6) is 5.75 Å². The summed E-state index contributed by atoms with van der Waals surface area (Å²) in [5.74, 6) is 2.99. The average molecular weight is 507 g/mol. The summed E-state index contributed by atoms with van der Waals surface area (Å²) in [7, 11) is 3.54. The van der Waals surface area contributed by atoms with E-state index in [2.05, 4.69) is 34.0 Å². The number of thioether (sulfide) groups is 1. The van der Waals surface area contributed by atoms with E-state index in [1.807, 2.05) is 30.9 Å². The summed E-state index contributed by atoms with van der Waals surface area (Å²) in [4.78, 5) is 4.38. The Bertz CT molecular complexity index is 549. The molecule has 1 aromatic rings. The molecule has 1 heterocycles. The lowest BCUT2D eigenvalue weighted by molar-refractivity contribution is 0.0513. The molecular weight excluding hydrogens is 473 g/mol. The van der Waals surface area contributed by atoms with Crippen LogP contribution in [0.15, 0.2) is 29.3 Å². The third kappa shape index (κ3) is 7.69. The molecule has 1 aromatic carbocycles. The summed E-state index contributed by atoms with van der Waals surface area (Å²) >= 11 is 1.90. The highest BCUT2D eigenvalue weighted by atomic mass is 127. The lowest BCUT2D eigenvalue weighted by Crippen LogP contribution is -2.48. The van der Waals surface area contributed by atoms with Gasteiger partial charge in [-0.2, -0.15) is 11.8 Å². The van der Waals surface area contributed by atoms with Crippen molar-refractivity contribution in [3.05, 3.63) is 29.8 Å². The van der Waals surface area contributed by atoms with Crippen molar-refractivity contribution in [3.8, 4) is 5.75 Å². The summed E-state index contributed by atoms with van der Waals surface area (Å²) in [5.41, 5.74) is 1.41. The van der Waals surface area contributed by atoms with Gasteiger partial charge in [-0.3, -0.25) is 4.99 Å². The minimum absolute atomic E-state index is 0. The molecule has 5 nitrogen and oxygen atoms in total. The largest absolute Gasteiger partial charge is 0.497 e. The molecule has 0 radical (unpaired) electrons.